The third kappa shape index (κ3) is 2.55. The summed E-state index contributed by atoms with van der Waals surface area (Å²) in [6, 6.07) is 2.02. The fourth-order valence-corrected chi connectivity index (χ4v) is 3.98. The molecule has 0 heterocycles. The van der Waals surface area contributed by atoms with E-state index in [-0.39, 0.29) is 36.5 Å². The maximum atomic E-state index is 13.7. The smallest absolute Gasteiger partial charge is 0.297 e. The van der Waals surface area contributed by atoms with E-state index in [0.29, 0.717) is 6.42 Å². The van der Waals surface area contributed by atoms with Gasteiger partial charge in [0.25, 0.3) is 0 Å². The quantitative estimate of drug-likeness (QED) is 0.733. The monoisotopic (exact) mass is 288 g/mol. The molecule has 0 bridgehead atoms. The molecule has 21 heavy (non-hydrogen) atoms. The van der Waals surface area contributed by atoms with Crippen molar-refractivity contribution >= 4 is 0 Å². The summed E-state index contributed by atoms with van der Waals surface area (Å²) in [6.45, 7) is 14.2. The van der Waals surface area contributed by atoms with Crippen molar-refractivity contribution in [2.75, 3.05) is 0 Å². The molecular formula is C15H14F2N4. The molecule has 8 unspecified atom stereocenters. The Bertz CT molecular complexity index is 486. The highest BCUT2D eigenvalue weighted by Gasteiger charge is 2.57. The maximum Gasteiger partial charge on any atom is 0.310 e. The summed E-state index contributed by atoms with van der Waals surface area (Å²) < 4.78 is 27.4. The van der Waals surface area contributed by atoms with Crippen molar-refractivity contribution < 1.29 is 8.78 Å². The first-order valence-corrected chi connectivity index (χ1v) is 6.87. The fraction of sp³-hybridized carbons (Fsp3) is 0.733. The van der Waals surface area contributed by atoms with E-state index in [9.17, 15) is 8.78 Å². The molecule has 2 aliphatic carbocycles. The van der Waals surface area contributed by atoms with Gasteiger partial charge in [-0.25, -0.2) is 21.9 Å². The van der Waals surface area contributed by atoms with Gasteiger partial charge >= 0.3 is 12.1 Å². The Labute approximate surface area is 122 Å². The molecule has 4 nitrogen and oxygen atoms in total. The van der Waals surface area contributed by atoms with Gasteiger partial charge in [0.2, 0.25) is 0 Å². The van der Waals surface area contributed by atoms with Gasteiger partial charge in [0.15, 0.2) is 12.1 Å². The first-order valence-electron chi connectivity index (χ1n) is 6.87. The first-order chi connectivity index (χ1) is 10.1. The molecule has 0 amide bonds. The van der Waals surface area contributed by atoms with E-state index >= 15 is 0 Å². The van der Waals surface area contributed by atoms with Crippen LogP contribution < -0.4 is 0 Å². The van der Waals surface area contributed by atoms with E-state index in [1.807, 2.05) is 12.1 Å². The normalized spacial score (nSPS) is 40.7. The zero-order valence-corrected chi connectivity index (χ0v) is 11.3. The summed E-state index contributed by atoms with van der Waals surface area (Å²) >= 11 is 0. The van der Waals surface area contributed by atoms with Crippen LogP contribution in [0.25, 0.3) is 9.69 Å². The predicted molar refractivity (Wildman–Crippen MR) is 69.6 cm³/mol. The third-order valence-corrected chi connectivity index (χ3v) is 4.94. The van der Waals surface area contributed by atoms with Crippen LogP contribution in [-0.2, 0) is 0 Å². The number of nitrogens with zero attached hydrogens (tertiary/aromatic N) is 4. The molecule has 2 fully saturated rings. The molecule has 2 rings (SSSR count). The number of rotatable bonds is 2. The number of alkyl halides is 2. The van der Waals surface area contributed by atoms with E-state index < -0.39 is 24.4 Å². The van der Waals surface area contributed by atoms with Crippen LogP contribution >= 0.6 is 0 Å². The second-order valence-electron chi connectivity index (χ2n) is 5.80. The molecule has 8 atom stereocenters. The van der Waals surface area contributed by atoms with Crippen molar-refractivity contribution in [2.45, 2.75) is 43.7 Å². The Morgan fingerprint density at radius 3 is 1.52 bits per heavy atom. The lowest BCUT2D eigenvalue weighted by Gasteiger charge is -2.34. The lowest BCUT2D eigenvalue weighted by Crippen LogP contribution is -2.38. The number of hydrogen-bond acceptors (Lipinski definition) is 2. The van der Waals surface area contributed by atoms with Crippen LogP contribution in [-0.4, -0.2) is 24.4 Å². The maximum absolute atomic E-state index is 13.7. The molecule has 0 aliphatic heterocycles. The molecule has 0 aromatic carbocycles. The second-order valence-corrected chi connectivity index (χ2v) is 5.80. The van der Waals surface area contributed by atoms with Crippen LogP contribution in [0, 0.1) is 59.5 Å². The Balaban J connectivity index is 2.32. The summed E-state index contributed by atoms with van der Waals surface area (Å²) in [7, 11) is 0. The van der Waals surface area contributed by atoms with Gasteiger partial charge in [0.05, 0.1) is 11.8 Å². The van der Waals surface area contributed by atoms with Gasteiger partial charge in [-0.15, -0.1) is 0 Å². The average Bonchev–Trinajstić information content (AvgIpc) is 2.82. The molecule has 0 saturated heterocycles. The molecule has 0 N–H and O–H groups in total. The predicted octanol–water partition coefficient (Wildman–Crippen LogP) is 2.95. The lowest BCUT2D eigenvalue weighted by atomic mass is 9.72. The van der Waals surface area contributed by atoms with Crippen LogP contribution in [0.3, 0.4) is 0 Å². The summed E-state index contributed by atoms with van der Waals surface area (Å²) in [6.07, 6.45) is -2.83. The van der Waals surface area contributed by atoms with Crippen molar-refractivity contribution in [2.24, 2.45) is 23.7 Å². The minimum atomic E-state index is -1.58. The van der Waals surface area contributed by atoms with Crippen molar-refractivity contribution in [3.8, 4) is 12.1 Å². The molecule has 6 heteroatoms. The Kier molecular flexibility index (Phi) is 4.40. The molecule has 0 aromatic heterocycles. The number of fused-ring (bicyclic) bond motifs is 1. The van der Waals surface area contributed by atoms with E-state index in [1.54, 1.807) is 0 Å². The highest BCUT2D eigenvalue weighted by molar-refractivity contribution is 5.16. The molecule has 108 valence electrons. The van der Waals surface area contributed by atoms with Gasteiger partial charge < -0.3 is 0 Å². The largest absolute Gasteiger partial charge is 0.310 e. The minimum absolute atomic E-state index is 0.0170. The van der Waals surface area contributed by atoms with E-state index in [0.717, 1.165) is 0 Å². The van der Waals surface area contributed by atoms with Crippen LogP contribution in [0.2, 0.25) is 0 Å². The molecule has 2 aliphatic rings. The zero-order valence-electron chi connectivity index (χ0n) is 11.3. The molecular weight excluding hydrogens is 274 g/mol. The lowest BCUT2D eigenvalue weighted by molar-refractivity contribution is 0.0396. The van der Waals surface area contributed by atoms with Crippen molar-refractivity contribution in [1.29, 1.82) is 10.5 Å². The van der Waals surface area contributed by atoms with E-state index in [2.05, 4.69) is 9.69 Å². The Morgan fingerprint density at radius 1 is 0.857 bits per heavy atom. The van der Waals surface area contributed by atoms with E-state index in [1.165, 1.54) is 0 Å². The summed E-state index contributed by atoms with van der Waals surface area (Å²) in [5, 5.41) is 18.2. The first kappa shape index (κ1) is 15.2. The summed E-state index contributed by atoms with van der Waals surface area (Å²) in [4.78, 5) is 6.56. The summed E-state index contributed by atoms with van der Waals surface area (Å²) in [5.41, 5.74) is 0. The highest BCUT2D eigenvalue weighted by Crippen LogP contribution is 2.53. The molecule has 2 saturated carbocycles. The van der Waals surface area contributed by atoms with Gasteiger partial charge in [0.1, 0.15) is 12.3 Å². The van der Waals surface area contributed by atoms with Crippen molar-refractivity contribution in [3.63, 3.8) is 0 Å². The average molecular weight is 288 g/mol. The van der Waals surface area contributed by atoms with Gasteiger partial charge in [-0.05, 0) is 31.1 Å². The van der Waals surface area contributed by atoms with Crippen LogP contribution in [0.1, 0.15) is 19.3 Å². The van der Waals surface area contributed by atoms with Crippen molar-refractivity contribution in [3.05, 3.63) is 22.8 Å². The molecule has 0 spiro atoms. The number of halogens is 2. The number of nitriles is 2. The van der Waals surface area contributed by atoms with Gasteiger partial charge in [-0.3, -0.25) is 9.69 Å². The summed E-state index contributed by atoms with van der Waals surface area (Å²) in [5.74, 6) is -1.31. The minimum Gasteiger partial charge on any atom is -0.297 e. The Morgan fingerprint density at radius 2 is 1.24 bits per heavy atom. The zero-order chi connectivity index (χ0) is 15.6. The van der Waals surface area contributed by atoms with E-state index in [4.69, 9.17) is 23.7 Å². The molecule has 0 aromatic rings. The van der Waals surface area contributed by atoms with Gasteiger partial charge in [0, 0.05) is 0 Å². The third-order valence-electron chi connectivity index (χ3n) is 4.94. The SMILES string of the molecule is [C-]#[N+]C(C#N)C1CC(C(C#N)[N+]#[C-])C2CC(F)C(F)CC12. The highest BCUT2D eigenvalue weighted by atomic mass is 19.2. The van der Waals surface area contributed by atoms with Crippen LogP contribution in [0.4, 0.5) is 8.78 Å². The molecule has 0 radical (unpaired) electrons. The topological polar surface area (TPSA) is 56.3 Å². The van der Waals surface area contributed by atoms with Gasteiger partial charge in [-0.1, -0.05) is 0 Å². The van der Waals surface area contributed by atoms with Crippen molar-refractivity contribution in [1.82, 2.24) is 0 Å². The number of hydrogen-bond donors (Lipinski definition) is 0. The Hall–Kier alpha value is -2.18. The van der Waals surface area contributed by atoms with Gasteiger partial charge in [-0.2, -0.15) is 10.5 Å². The second kappa shape index (κ2) is 6.07. The van der Waals surface area contributed by atoms with Crippen LogP contribution in [0.5, 0.6) is 0 Å². The standard InChI is InChI=1S/C15H14F2N4/c1-20-14(6-18)10-3-11(15(7-19)21-2)9-5-13(17)12(16)4-8(9)10/h8-15H,3-5H2. The fourth-order valence-electron chi connectivity index (χ4n) is 3.98. The van der Waals surface area contributed by atoms with Crippen LogP contribution in [0.15, 0.2) is 0 Å².